The predicted octanol–water partition coefficient (Wildman–Crippen LogP) is 3.84. The average Bonchev–Trinajstić information content (AvgIpc) is 2.93. The van der Waals surface area contributed by atoms with Gasteiger partial charge in [0.2, 0.25) is 0 Å². The summed E-state index contributed by atoms with van der Waals surface area (Å²) in [7, 11) is 0. The van der Waals surface area contributed by atoms with Crippen LogP contribution < -0.4 is 5.73 Å². The van der Waals surface area contributed by atoms with Gasteiger partial charge in [-0.25, -0.2) is 0 Å². The van der Waals surface area contributed by atoms with Gasteiger partial charge in [0.1, 0.15) is 5.76 Å². The molecule has 0 radical (unpaired) electrons. The summed E-state index contributed by atoms with van der Waals surface area (Å²) in [6.07, 6.45) is 0. The van der Waals surface area contributed by atoms with Gasteiger partial charge in [-0.3, -0.25) is 9.59 Å². The highest BCUT2D eigenvalue weighted by Crippen LogP contribution is 2.39. The van der Waals surface area contributed by atoms with E-state index in [1.807, 2.05) is 24.3 Å². The van der Waals surface area contributed by atoms with Crippen LogP contribution in [0.15, 0.2) is 54.1 Å². The van der Waals surface area contributed by atoms with Gasteiger partial charge in [-0.05, 0) is 41.3 Å². The number of nitrogens with zero attached hydrogens (tertiary/aromatic N) is 1. The van der Waals surface area contributed by atoms with Crippen molar-refractivity contribution in [2.45, 2.75) is 25.8 Å². The monoisotopic (exact) mass is 398 g/mol. The number of carbonyl (C=O) groups excluding carboxylic acids is 2. The van der Waals surface area contributed by atoms with Crippen LogP contribution in [0, 0.1) is 0 Å². The Kier molecular flexibility index (Phi) is 5.87. The van der Waals surface area contributed by atoms with Crippen molar-refractivity contribution in [2.75, 3.05) is 13.1 Å². The van der Waals surface area contributed by atoms with E-state index in [4.69, 9.17) is 17.3 Å². The molecule has 1 heterocycles. The average molecular weight is 399 g/mol. The lowest BCUT2D eigenvalue weighted by atomic mass is 9.93. The number of amides is 1. The van der Waals surface area contributed by atoms with Crippen molar-refractivity contribution < 1.29 is 14.7 Å². The number of benzene rings is 2. The fraction of sp³-hybridized carbons (Fsp3) is 0.273. The van der Waals surface area contributed by atoms with Gasteiger partial charge in [-0.1, -0.05) is 49.7 Å². The van der Waals surface area contributed by atoms with Crippen LogP contribution >= 0.6 is 11.6 Å². The van der Waals surface area contributed by atoms with E-state index in [2.05, 4.69) is 13.8 Å². The molecule has 2 aromatic rings. The minimum atomic E-state index is -0.709. The molecule has 1 fully saturated rings. The number of aliphatic hydroxyl groups is 1. The largest absolute Gasteiger partial charge is 0.507 e. The Morgan fingerprint density at radius 2 is 1.71 bits per heavy atom. The summed E-state index contributed by atoms with van der Waals surface area (Å²) in [5.74, 6) is -1.22. The fourth-order valence-electron chi connectivity index (χ4n) is 3.42. The first-order valence-electron chi connectivity index (χ1n) is 9.19. The molecular weight excluding hydrogens is 376 g/mol. The highest BCUT2D eigenvalue weighted by Gasteiger charge is 2.45. The second-order valence-corrected chi connectivity index (χ2v) is 7.55. The Morgan fingerprint density at radius 3 is 2.25 bits per heavy atom. The number of ketones is 1. The van der Waals surface area contributed by atoms with Crippen molar-refractivity contribution in [1.29, 1.82) is 0 Å². The lowest BCUT2D eigenvalue weighted by Gasteiger charge is -2.25. The zero-order chi connectivity index (χ0) is 20.4. The van der Waals surface area contributed by atoms with E-state index in [1.165, 1.54) is 4.90 Å². The number of rotatable bonds is 5. The molecule has 0 bridgehead atoms. The molecule has 0 aromatic heterocycles. The molecule has 1 saturated heterocycles. The molecule has 6 heteroatoms. The first-order chi connectivity index (χ1) is 13.3. The molecule has 1 atom stereocenters. The van der Waals surface area contributed by atoms with Crippen molar-refractivity contribution in [3.05, 3.63) is 75.8 Å². The lowest BCUT2D eigenvalue weighted by Crippen LogP contribution is -2.34. The van der Waals surface area contributed by atoms with Crippen LogP contribution in [0.5, 0.6) is 0 Å². The van der Waals surface area contributed by atoms with Gasteiger partial charge < -0.3 is 15.7 Å². The van der Waals surface area contributed by atoms with Crippen LogP contribution in [0.25, 0.3) is 5.76 Å². The van der Waals surface area contributed by atoms with Crippen LogP contribution in [-0.4, -0.2) is 34.8 Å². The molecule has 146 valence electrons. The molecule has 0 spiro atoms. The van der Waals surface area contributed by atoms with Crippen LogP contribution in [-0.2, 0) is 9.59 Å². The van der Waals surface area contributed by atoms with Crippen LogP contribution in [0.1, 0.15) is 42.5 Å². The fourth-order valence-corrected chi connectivity index (χ4v) is 3.55. The van der Waals surface area contributed by atoms with E-state index in [1.54, 1.807) is 24.3 Å². The number of nitrogens with two attached hydrogens (primary N) is 1. The lowest BCUT2D eigenvalue weighted by molar-refractivity contribution is -0.139. The SMILES string of the molecule is CC(C)c1ccc(C2/C(=C(/O)c3ccc(Cl)cc3)C(=O)C(=O)N2CCN)cc1. The molecule has 1 amide bonds. The quantitative estimate of drug-likeness (QED) is 0.455. The maximum atomic E-state index is 12.8. The van der Waals surface area contributed by atoms with Crippen molar-refractivity contribution in [1.82, 2.24) is 4.90 Å². The minimum absolute atomic E-state index is 0.0677. The number of aliphatic hydroxyl groups excluding tert-OH is 1. The zero-order valence-corrected chi connectivity index (χ0v) is 16.6. The third-order valence-corrected chi connectivity index (χ3v) is 5.20. The number of halogens is 1. The smallest absolute Gasteiger partial charge is 0.295 e. The maximum Gasteiger partial charge on any atom is 0.295 e. The summed E-state index contributed by atoms with van der Waals surface area (Å²) in [5.41, 5.74) is 8.08. The highest BCUT2D eigenvalue weighted by atomic mass is 35.5. The zero-order valence-electron chi connectivity index (χ0n) is 15.9. The summed E-state index contributed by atoms with van der Waals surface area (Å²) in [5, 5.41) is 11.4. The maximum absolute atomic E-state index is 12.8. The Balaban J connectivity index is 2.14. The molecular formula is C22H23ClN2O3. The minimum Gasteiger partial charge on any atom is -0.507 e. The Morgan fingerprint density at radius 1 is 1.11 bits per heavy atom. The molecule has 28 heavy (non-hydrogen) atoms. The summed E-state index contributed by atoms with van der Waals surface area (Å²) in [6.45, 7) is 4.62. The van der Waals surface area contributed by atoms with Crippen LogP contribution in [0.4, 0.5) is 0 Å². The second-order valence-electron chi connectivity index (χ2n) is 7.11. The molecule has 5 nitrogen and oxygen atoms in total. The standard InChI is InChI=1S/C22H23ClN2O3/c1-13(2)14-3-5-15(6-4-14)19-18(21(27)22(28)25(19)12-11-24)20(26)16-7-9-17(23)10-8-16/h3-10,13,19,26H,11-12,24H2,1-2H3/b20-18-. The normalized spacial score (nSPS) is 18.9. The Hall–Kier alpha value is -2.63. The Labute approximate surface area is 169 Å². The van der Waals surface area contributed by atoms with Crippen molar-refractivity contribution >= 4 is 29.1 Å². The second kappa shape index (κ2) is 8.17. The van der Waals surface area contributed by atoms with Gasteiger partial charge in [0, 0.05) is 23.7 Å². The van der Waals surface area contributed by atoms with Gasteiger partial charge >= 0.3 is 0 Å². The van der Waals surface area contributed by atoms with Crippen molar-refractivity contribution in [2.24, 2.45) is 5.73 Å². The Bertz CT molecular complexity index is 918. The topological polar surface area (TPSA) is 83.6 Å². The number of Topliss-reactive ketones (excluding diaryl/α,β-unsaturated/α-hetero) is 1. The number of hydrogen-bond donors (Lipinski definition) is 2. The number of likely N-dealkylation sites (tertiary alicyclic amines) is 1. The molecule has 3 rings (SSSR count). The summed E-state index contributed by atoms with van der Waals surface area (Å²) in [6, 6.07) is 13.5. The predicted molar refractivity (Wildman–Crippen MR) is 110 cm³/mol. The van der Waals surface area contributed by atoms with E-state index in [9.17, 15) is 14.7 Å². The first kappa shape index (κ1) is 20.1. The van der Waals surface area contributed by atoms with Gasteiger partial charge in [0.15, 0.2) is 0 Å². The molecule has 3 N–H and O–H groups in total. The number of hydrogen-bond acceptors (Lipinski definition) is 4. The first-order valence-corrected chi connectivity index (χ1v) is 9.57. The van der Waals surface area contributed by atoms with E-state index in [-0.39, 0.29) is 24.4 Å². The van der Waals surface area contributed by atoms with E-state index < -0.39 is 17.7 Å². The summed E-state index contributed by atoms with van der Waals surface area (Å²) >= 11 is 5.92. The van der Waals surface area contributed by atoms with E-state index >= 15 is 0 Å². The molecule has 0 saturated carbocycles. The summed E-state index contributed by atoms with van der Waals surface area (Å²) < 4.78 is 0. The van der Waals surface area contributed by atoms with Crippen molar-refractivity contribution in [3.8, 4) is 0 Å². The molecule has 1 aliphatic heterocycles. The molecule has 1 unspecified atom stereocenters. The van der Waals surface area contributed by atoms with Crippen LogP contribution in [0.2, 0.25) is 5.02 Å². The van der Waals surface area contributed by atoms with Gasteiger partial charge in [-0.2, -0.15) is 0 Å². The van der Waals surface area contributed by atoms with E-state index in [0.29, 0.717) is 16.5 Å². The van der Waals surface area contributed by atoms with Gasteiger partial charge in [0.05, 0.1) is 11.6 Å². The third-order valence-electron chi connectivity index (χ3n) is 4.95. The molecule has 1 aliphatic rings. The van der Waals surface area contributed by atoms with Crippen LogP contribution in [0.3, 0.4) is 0 Å². The summed E-state index contributed by atoms with van der Waals surface area (Å²) in [4.78, 5) is 26.8. The van der Waals surface area contributed by atoms with Crippen molar-refractivity contribution in [3.63, 3.8) is 0 Å². The highest BCUT2D eigenvalue weighted by molar-refractivity contribution is 6.46. The molecule has 2 aromatic carbocycles. The third kappa shape index (κ3) is 3.68. The molecule has 0 aliphatic carbocycles. The van der Waals surface area contributed by atoms with Gasteiger partial charge in [-0.15, -0.1) is 0 Å². The van der Waals surface area contributed by atoms with Gasteiger partial charge in [0.25, 0.3) is 11.7 Å². The number of carbonyl (C=O) groups is 2. The van der Waals surface area contributed by atoms with E-state index in [0.717, 1.165) is 11.1 Å².